The van der Waals surface area contributed by atoms with Gasteiger partial charge in [-0.1, -0.05) is 18.7 Å². The molecule has 5 heteroatoms. The molecule has 0 aliphatic heterocycles. The van der Waals surface area contributed by atoms with E-state index in [2.05, 4.69) is 6.58 Å². The number of anilines is 1. The van der Waals surface area contributed by atoms with Crippen molar-refractivity contribution in [3.05, 3.63) is 42.5 Å². The predicted molar refractivity (Wildman–Crippen MR) is 72.6 cm³/mol. The molecule has 0 unspecified atom stereocenters. The summed E-state index contributed by atoms with van der Waals surface area (Å²) >= 11 is 0. The number of carbonyl (C=O) groups is 2. The quantitative estimate of drug-likeness (QED) is 0.829. The van der Waals surface area contributed by atoms with Crippen molar-refractivity contribution >= 4 is 17.7 Å². The van der Waals surface area contributed by atoms with Crippen LogP contribution in [0.3, 0.4) is 0 Å². The largest absolute Gasteiger partial charge is 0.478 e. The van der Waals surface area contributed by atoms with Crippen molar-refractivity contribution < 1.29 is 19.4 Å². The van der Waals surface area contributed by atoms with Crippen molar-refractivity contribution in [2.45, 2.75) is 19.9 Å². The Bertz CT molecular complexity index is 482. The smallest absolute Gasteiger partial charge is 0.414 e. The van der Waals surface area contributed by atoms with Crippen molar-refractivity contribution in [1.29, 1.82) is 0 Å². The maximum Gasteiger partial charge on any atom is 0.414 e. The summed E-state index contributed by atoms with van der Waals surface area (Å²) in [4.78, 5) is 24.3. The molecule has 1 rings (SSSR count). The van der Waals surface area contributed by atoms with Crippen molar-refractivity contribution in [2.75, 3.05) is 11.5 Å². The molecule has 0 radical (unpaired) electrons. The lowest BCUT2D eigenvalue weighted by Gasteiger charge is -2.26. The standard InChI is InChI=1S/C14H17NO4/c1-4-8-19-14(18)15(10(2)3)12-7-5-6-11(9-12)13(16)17/h4-7,9-10H,1,8H2,2-3H3,(H,16,17). The van der Waals surface area contributed by atoms with Crippen LogP contribution in [0.15, 0.2) is 36.9 Å². The van der Waals surface area contributed by atoms with Gasteiger partial charge in [0.1, 0.15) is 6.61 Å². The first kappa shape index (κ1) is 14.8. The van der Waals surface area contributed by atoms with Crippen LogP contribution in [0.25, 0.3) is 0 Å². The predicted octanol–water partition coefficient (Wildman–Crippen LogP) is 2.92. The average molecular weight is 263 g/mol. The molecule has 1 aromatic rings. The molecule has 1 N–H and O–H groups in total. The summed E-state index contributed by atoms with van der Waals surface area (Å²) in [7, 11) is 0. The summed E-state index contributed by atoms with van der Waals surface area (Å²) in [5, 5.41) is 8.96. The van der Waals surface area contributed by atoms with E-state index < -0.39 is 12.1 Å². The molecule has 0 aromatic heterocycles. The fourth-order valence-electron chi connectivity index (χ4n) is 1.60. The maximum atomic E-state index is 11.9. The van der Waals surface area contributed by atoms with Crippen LogP contribution < -0.4 is 4.90 Å². The van der Waals surface area contributed by atoms with E-state index in [4.69, 9.17) is 9.84 Å². The van der Waals surface area contributed by atoms with Gasteiger partial charge in [-0.05, 0) is 32.0 Å². The van der Waals surface area contributed by atoms with E-state index in [1.54, 1.807) is 12.1 Å². The van der Waals surface area contributed by atoms with Gasteiger partial charge in [0.25, 0.3) is 0 Å². The first-order valence-electron chi connectivity index (χ1n) is 5.87. The molecular formula is C14H17NO4. The van der Waals surface area contributed by atoms with Crippen molar-refractivity contribution in [1.82, 2.24) is 0 Å². The maximum absolute atomic E-state index is 11.9. The van der Waals surface area contributed by atoms with Gasteiger partial charge in [-0.2, -0.15) is 0 Å². The molecule has 0 fully saturated rings. The number of amides is 1. The Balaban J connectivity index is 3.05. The molecule has 102 valence electrons. The Labute approximate surface area is 112 Å². The van der Waals surface area contributed by atoms with Crippen LogP contribution in [0.2, 0.25) is 0 Å². The van der Waals surface area contributed by atoms with Crippen LogP contribution in [0, 0.1) is 0 Å². The molecule has 5 nitrogen and oxygen atoms in total. The summed E-state index contributed by atoms with van der Waals surface area (Å²) < 4.78 is 4.99. The molecule has 0 saturated carbocycles. The molecular weight excluding hydrogens is 246 g/mol. The molecule has 19 heavy (non-hydrogen) atoms. The number of aromatic carboxylic acids is 1. The fourth-order valence-corrected chi connectivity index (χ4v) is 1.60. The van der Waals surface area contributed by atoms with Crippen molar-refractivity contribution in [3.8, 4) is 0 Å². The molecule has 0 saturated heterocycles. The Morgan fingerprint density at radius 2 is 2.16 bits per heavy atom. The zero-order valence-electron chi connectivity index (χ0n) is 11.0. The van der Waals surface area contributed by atoms with Crippen molar-refractivity contribution in [2.24, 2.45) is 0 Å². The average Bonchev–Trinajstić information content (AvgIpc) is 2.36. The lowest BCUT2D eigenvalue weighted by atomic mass is 10.1. The highest BCUT2D eigenvalue weighted by molar-refractivity contribution is 5.92. The van der Waals surface area contributed by atoms with Crippen LogP contribution in [-0.2, 0) is 4.74 Å². The second-order valence-electron chi connectivity index (χ2n) is 4.18. The van der Waals surface area contributed by atoms with Gasteiger partial charge in [-0.15, -0.1) is 0 Å². The Morgan fingerprint density at radius 3 is 2.68 bits per heavy atom. The van der Waals surface area contributed by atoms with E-state index in [0.717, 1.165) is 0 Å². The third-order valence-corrected chi connectivity index (χ3v) is 2.41. The number of carbonyl (C=O) groups excluding carboxylic acids is 1. The van der Waals surface area contributed by atoms with Gasteiger partial charge >= 0.3 is 12.1 Å². The summed E-state index contributed by atoms with van der Waals surface area (Å²) in [6, 6.07) is 6.02. The second kappa shape index (κ2) is 6.58. The monoisotopic (exact) mass is 263 g/mol. The zero-order valence-corrected chi connectivity index (χ0v) is 11.0. The van der Waals surface area contributed by atoms with E-state index in [1.807, 2.05) is 13.8 Å². The van der Waals surface area contributed by atoms with Crippen LogP contribution in [-0.4, -0.2) is 29.8 Å². The van der Waals surface area contributed by atoms with Crippen LogP contribution in [0.5, 0.6) is 0 Å². The number of hydrogen-bond acceptors (Lipinski definition) is 3. The minimum absolute atomic E-state index is 0.112. The van der Waals surface area contributed by atoms with Gasteiger partial charge in [0.15, 0.2) is 0 Å². The first-order valence-corrected chi connectivity index (χ1v) is 5.87. The summed E-state index contributed by atoms with van der Waals surface area (Å²) in [6.45, 7) is 7.23. The minimum atomic E-state index is -1.04. The number of benzene rings is 1. The van der Waals surface area contributed by atoms with Crippen LogP contribution in [0.4, 0.5) is 10.5 Å². The SMILES string of the molecule is C=CCOC(=O)N(c1cccc(C(=O)O)c1)C(C)C. The molecule has 0 aliphatic rings. The van der Waals surface area contributed by atoms with Crippen LogP contribution in [0.1, 0.15) is 24.2 Å². The number of rotatable bonds is 5. The lowest BCUT2D eigenvalue weighted by molar-refractivity contribution is 0.0696. The molecule has 0 spiro atoms. The second-order valence-corrected chi connectivity index (χ2v) is 4.18. The third-order valence-electron chi connectivity index (χ3n) is 2.41. The first-order chi connectivity index (χ1) is 8.97. The third kappa shape index (κ3) is 3.84. The molecule has 1 aromatic carbocycles. The van der Waals surface area contributed by atoms with Gasteiger partial charge in [-0.3, -0.25) is 4.90 Å². The zero-order chi connectivity index (χ0) is 14.4. The van der Waals surface area contributed by atoms with E-state index >= 15 is 0 Å². The Kier molecular flexibility index (Phi) is 5.11. The van der Waals surface area contributed by atoms with Gasteiger partial charge < -0.3 is 9.84 Å². The van der Waals surface area contributed by atoms with Gasteiger partial charge in [-0.25, -0.2) is 9.59 Å². The summed E-state index contributed by atoms with van der Waals surface area (Å²) in [6.07, 6.45) is 0.946. The number of carboxylic acids is 1. The van der Waals surface area contributed by atoms with Gasteiger partial charge in [0, 0.05) is 11.7 Å². The minimum Gasteiger partial charge on any atom is -0.478 e. The normalized spacial score (nSPS) is 10.1. The van der Waals surface area contributed by atoms with E-state index in [-0.39, 0.29) is 18.2 Å². The summed E-state index contributed by atoms with van der Waals surface area (Å²) in [5.41, 5.74) is 0.614. The number of ether oxygens (including phenoxy) is 1. The molecule has 0 atom stereocenters. The van der Waals surface area contributed by atoms with Gasteiger partial charge in [0.05, 0.1) is 5.56 Å². The highest BCUT2D eigenvalue weighted by atomic mass is 16.6. The highest BCUT2D eigenvalue weighted by Crippen LogP contribution is 2.20. The highest BCUT2D eigenvalue weighted by Gasteiger charge is 2.21. The number of hydrogen-bond donors (Lipinski definition) is 1. The Morgan fingerprint density at radius 1 is 1.47 bits per heavy atom. The number of nitrogens with zero attached hydrogens (tertiary/aromatic N) is 1. The lowest BCUT2D eigenvalue weighted by Crippen LogP contribution is -2.37. The molecule has 0 aliphatic carbocycles. The molecule has 0 heterocycles. The molecule has 1 amide bonds. The van der Waals surface area contributed by atoms with E-state index in [9.17, 15) is 9.59 Å². The topological polar surface area (TPSA) is 66.8 Å². The van der Waals surface area contributed by atoms with Crippen molar-refractivity contribution in [3.63, 3.8) is 0 Å². The number of carboxylic acid groups (broad SMARTS) is 1. The summed E-state index contributed by atoms with van der Waals surface area (Å²) in [5.74, 6) is -1.04. The Hall–Kier alpha value is -2.30. The van der Waals surface area contributed by atoms with Crippen LogP contribution >= 0.6 is 0 Å². The van der Waals surface area contributed by atoms with E-state index in [1.165, 1.54) is 23.1 Å². The molecule has 0 bridgehead atoms. The fraction of sp³-hybridized carbons (Fsp3) is 0.286. The van der Waals surface area contributed by atoms with E-state index in [0.29, 0.717) is 5.69 Å². The van der Waals surface area contributed by atoms with Gasteiger partial charge in [0.2, 0.25) is 0 Å².